The highest BCUT2D eigenvalue weighted by molar-refractivity contribution is 5.22. The molecule has 2 heterocycles. The Bertz CT molecular complexity index is 599. The molecule has 2 fully saturated rings. The fraction of sp³-hybridized carbons (Fsp3) is 0.429. The zero-order valence-corrected chi connectivity index (χ0v) is 14.2. The average Bonchev–Trinajstić information content (AvgIpc) is 3.28. The molecule has 2 aromatic rings. The van der Waals surface area contributed by atoms with Crippen LogP contribution in [0.4, 0.5) is 0 Å². The van der Waals surface area contributed by atoms with E-state index < -0.39 is 0 Å². The lowest BCUT2D eigenvalue weighted by Crippen LogP contribution is -2.11. The normalized spacial score (nSPS) is 28.1. The molecule has 4 rings (SSSR count). The number of aliphatic hydroxyl groups excluding tert-OH is 1. The van der Waals surface area contributed by atoms with E-state index in [0.717, 1.165) is 12.0 Å². The van der Waals surface area contributed by atoms with Gasteiger partial charge in [0.2, 0.25) is 0 Å². The van der Waals surface area contributed by atoms with E-state index in [0.29, 0.717) is 18.8 Å². The molecule has 0 radical (unpaired) electrons. The molecule has 1 N–H and O–H groups in total. The van der Waals surface area contributed by atoms with Crippen LogP contribution in [0.3, 0.4) is 0 Å². The monoisotopic (exact) mass is 326 g/mol. The number of benzene rings is 2. The molecular weight excluding hydrogens is 300 g/mol. The topological polar surface area (TPSA) is 42.0 Å². The molecule has 2 aliphatic heterocycles. The number of epoxide rings is 1. The van der Waals surface area contributed by atoms with E-state index in [1.165, 1.54) is 18.4 Å². The van der Waals surface area contributed by atoms with Gasteiger partial charge < -0.3 is 14.6 Å². The van der Waals surface area contributed by atoms with Crippen LogP contribution < -0.4 is 0 Å². The lowest BCUT2D eigenvalue weighted by atomic mass is 10.1. The molecule has 0 saturated carbocycles. The Morgan fingerprint density at radius 3 is 2.00 bits per heavy atom. The number of ether oxygens (including phenoxy) is 2. The minimum Gasteiger partial charge on any atom is -0.390 e. The summed E-state index contributed by atoms with van der Waals surface area (Å²) in [6.45, 7) is 2.87. The third kappa shape index (κ3) is 4.44. The van der Waals surface area contributed by atoms with Crippen molar-refractivity contribution >= 4 is 0 Å². The van der Waals surface area contributed by atoms with E-state index >= 15 is 0 Å². The minimum absolute atomic E-state index is 0.105. The van der Waals surface area contributed by atoms with Gasteiger partial charge in [0.1, 0.15) is 12.2 Å². The SMILES string of the molecule is CCCC1OC1c1ccccc1.OC1CCOC1c1ccccc1. The van der Waals surface area contributed by atoms with Crippen LogP contribution >= 0.6 is 0 Å². The number of hydrogen-bond donors (Lipinski definition) is 1. The van der Waals surface area contributed by atoms with Crippen LogP contribution in [0.25, 0.3) is 0 Å². The van der Waals surface area contributed by atoms with Crippen molar-refractivity contribution in [1.29, 1.82) is 0 Å². The van der Waals surface area contributed by atoms with Gasteiger partial charge in [-0.25, -0.2) is 0 Å². The first-order valence-corrected chi connectivity index (χ1v) is 8.84. The molecule has 0 amide bonds. The summed E-state index contributed by atoms with van der Waals surface area (Å²) in [6.07, 6.45) is 3.62. The summed E-state index contributed by atoms with van der Waals surface area (Å²) >= 11 is 0. The fourth-order valence-corrected chi connectivity index (χ4v) is 3.12. The van der Waals surface area contributed by atoms with Crippen molar-refractivity contribution < 1.29 is 14.6 Å². The summed E-state index contributed by atoms with van der Waals surface area (Å²) in [5.74, 6) is 0. The maximum atomic E-state index is 9.52. The molecular formula is C21H26O3. The molecule has 0 aromatic heterocycles. The Balaban J connectivity index is 0.000000141. The van der Waals surface area contributed by atoms with Crippen LogP contribution in [0.5, 0.6) is 0 Å². The van der Waals surface area contributed by atoms with Crippen molar-refractivity contribution in [3.63, 3.8) is 0 Å². The fourth-order valence-electron chi connectivity index (χ4n) is 3.12. The molecule has 3 nitrogen and oxygen atoms in total. The van der Waals surface area contributed by atoms with Crippen LogP contribution in [0.2, 0.25) is 0 Å². The lowest BCUT2D eigenvalue weighted by Gasteiger charge is -2.13. The van der Waals surface area contributed by atoms with Crippen LogP contribution in [0, 0.1) is 0 Å². The number of rotatable bonds is 4. The predicted molar refractivity (Wildman–Crippen MR) is 94.7 cm³/mol. The molecule has 3 heteroatoms. The van der Waals surface area contributed by atoms with Crippen molar-refractivity contribution in [3.8, 4) is 0 Å². The summed E-state index contributed by atoms with van der Waals surface area (Å²) in [6, 6.07) is 20.3. The summed E-state index contributed by atoms with van der Waals surface area (Å²) in [7, 11) is 0. The molecule has 0 spiro atoms. The summed E-state index contributed by atoms with van der Waals surface area (Å²) < 4.78 is 10.9. The first-order valence-electron chi connectivity index (χ1n) is 8.84. The second kappa shape index (κ2) is 8.43. The molecule has 0 aliphatic carbocycles. The Hall–Kier alpha value is -1.68. The molecule has 4 atom stereocenters. The van der Waals surface area contributed by atoms with Gasteiger partial charge in [-0.15, -0.1) is 0 Å². The molecule has 0 bridgehead atoms. The molecule has 24 heavy (non-hydrogen) atoms. The molecule has 2 aliphatic rings. The molecule has 4 unspecified atom stereocenters. The van der Waals surface area contributed by atoms with Gasteiger partial charge in [0, 0.05) is 0 Å². The van der Waals surface area contributed by atoms with Crippen molar-refractivity contribution in [2.75, 3.05) is 6.61 Å². The van der Waals surface area contributed by atoms with Gasteiger partial charge in [0.25, 0.3) is 0 Å². The minimum atomic E-state index is -0.326. The second-order valence-electron chi connectivity index (χ2n) is 6.35. The van der Waals surface area contributed by atoms with Gasteiger partial charge in [-0.1, -0.05) is 74.0 Å². The average molecular weight is 326 g/mol. The Labute approximate surface area is 144 Å². The van der Waals surface area contributed by atoms with Crippen molar-refractivity contribution in [2.45, 2.75) is 50.6 Å². The highest BCUT2D eigenvalue weighted by Crippen LogP contribution is 2.40. The Morgan fingerprint density at radius 2 is 1.50 bits per heavy atom. The molecule has 2 aromatic carbocycles. The van der Waals surface area contributed by atoms with Gasteiger partial charge in [-0.3, -0.25) is 0 Å². The summed E-state index contributed by atoms with van der Waals surface area (Å²) in [5.41, 5.74) is 2.40. The van der Waals surface area contributed by atoms with Crippen molar-refractivity contribution in [3.05, 3.63) is 71.8 Å². The van der Waals surface area contributed by atoms with Crippen LogP contribution in [-0.2, 0) is 9.47 Å². The van der Waals surface area contributed by atoms with E-state index in [-0.39, 0.29) is 12.2 Å². The quantitative estimate of drug-likeness (QED) is 0.845. The molecule has 2 saturated heterocycles. The first-order chi connectivity index (χ1) is 11.8. The number of aliphatic hydroxyl groups is 1. The third-order valence-electron chi connectivity index (χ3n) is 4.47. The van der Waals surface area contributed by atoms with Gasteiger partial charge in [0.15, 0.2) is 0 Å². The van der Waals surface area contributed by atoms with Crippen LogP contribution in [0.15, 0.2) is 60.7 Å². The highest BCUT2D eigenvalue weighted by atomic mass is 16.6. The Morgan fingerprint density at radius 1 is 0.917 bits per heavy atom. The molecule has 128 valence electrons. The lowest BCUT2D eigenvalue weighted by molar-refractivity contribution is 0.0418. The summed E-state index contributed by atoms with van der Waals surface area (Å²) in [5, 5.41) is 9.52. The van der Waals surface area contributed by atoms with Gasteiger partial charge in [0.05, 0.1) is 18.8 Å². The van der Waals surface area contributed by atoms with Crippen LogP contribution in [-0.4, -0.2) is 23.9 Å². The van der Waals surface area contributed by atoms with Crippen LogP contribution in [0.1, 0.15) is 49.5 Å². The summed E-state index contributed by atoms with van der Waals surface area (Å²) in [4.78, 5) is 0. The van der Waals surface area contributed by atoms with E-state index in [2.05, 4.69) is 31.2 Å². The van der Waals surface area contributed by atoms with Gasteiger partial charge in [-0.05, 0) is 24.0 Å². The van der Waals surface area contributed by atoms with Gasteiger partial charge >= 0.3 is 0 Å². The smallest absolute Gasteiger partial charge is 0.109 e. The zero-order chi connectivity index (χ0) is 16.8. The maximum Gasteiger partial charge on any atom is 0.109 e. The highest BCUT2D eigenvalue weighted by Gasteiger charge is 2.38. The zero-order valence-electron chi connectivity index (χ0n) is 14.2. The predicted octanol–water partition coefficient (Wildman–Crippen LogP) is 4.44. The van der Waals surface area contributed by atoms with E-state index in [9.17, 15) is 5.11 Å². The first kappa shape index (κ1) is 17.2. The van der Waals surface area contributed by atoms with Crippen molar-refractivity contribution in [1.82, 2.24) is 0 Å². The van der Waals surface area contributed by atoms with Crippen molar-refractivity contribution in [2.24, 2.45) is 0 Å². The third-order valence-corrected chi connectivity index (χ3v) is 4.47. The Kier molecular flexibility index (Phi) is 6.02. The van der Waals surface area contributed by atoms with E-state index in [1.54, 1.807) is 0 Å². The maximum absolute atomic E-state index is 9.52. The van der Waals surface area contributed by atoms with Gasteiger partial charge in [-0.2, -0.15) is 0 Å². The number of hydrogen-bond acceptors (Lipinski definition) is 3. The standard InChI is InChI=1S/C11H14O.C10H12O2/c1-2-6-10-11(12-10)9-7-4-3-5-8-9;11-9-6-7-12-10(9)8-4-2-1-3-5-8/h3-5,7-8,10-11H,2,6H2,1H3;1-5,9-11H,6-7H2. The van der Waals surface area contributed by atoms with E-state index in [4.69, 9.17) is 9.47 Å². The van der Waals surface area contributed by atoms with E-state index in [1.807, 2.05) is 36.4 Å². The second-order valence-corrected chi connectivity index (χ2v) is 6.35. The largest absolute Gasteiger partial charge is 0.390 e.